The van der Waals surface area contributed by atoms with E-state index in [9.17, 15) is 0 Å². The van der Waals surface area contributed by atoms with Gasteiger partial charge >= 0.3 is 0 Å². The maximum Gasteiger partial charge on any atom is 0.159 e. The molecule has 0 unspecified atom stereocenters. The van der Waals surface area contributed by atoms with Crippen LogP contribution < -0.4 is 0 Å². The number of aromatic nitrogens is 3. The SMILES string of the molecule is CC(C)n1ncc2c(I)cc(-c3cccs3)nc21. The molecular formula is C13H12IN3S. The third kappa shape index (κ3) is 1.95. The number of hydrogen-bond acceptors (Lipinski definition) is 3. The van der Waals surface area contributed by atoms with Gasteiger partial charge in [0.2, 0.25) is 0 Å². The second kappa shape index (κ2) is 4.62. The Morgan fingerprint density at radius 1 is 1.39 bits per heavy atom. The minimum absolute atomic E-state index is 0.324. The van der Waals surface area contributed by atoms with Gasteiger partial charge in [0.25, 0.3) is 0 Å². The van der Waals surface area contributed by atoms with Crippen molar-refractivity contribution in [1.82, 2.24) is 14.8 Å². The zero-order valence-electron chi connectivity index (χ0n) is 10.1. The van der Waals surface area contributed by atoms with Crippen molar-refractivity contribution in [2.24, 2.45) is 0 Å². The first-order chi connectivity index (χ1) is 8.66. The number of pyridine rings is 1. The van der Waals surface area contributed by atoms with E-state index < -0.39 is 0 Å². The van der Waals surface area contributed by atoms with Gasteiger partial charge in [0.05, 0.1) is 22.2 Å². The second-order valence-corrected chi connectivity index (χ2v) is 6.50. The van der Waals surface area contributed by atoms with Gasteiger partial charge in [-0.05, 0) is 54.0 Å². The van der Waals surface area contributed by atoms with Crippen LogP contribution in [-0.2, 0) is 0 Å². The third-order valence-corrected chi connectivity index (χ3v) is 4.56. The maximum absolute atomic E-state index is 4.77. The van der Waals surface area contributed by atoms with E-state index in [1.54, 1.807) is 11.3 Å². The first-order valence-electron chi connectivity index (χ1n) is 5.74. The van der Waals surface area contributed by atoms with Crippen molar-refractivity contribution >= 4 is 45.0 Å². The molecule has 3 heterocycles. The van der Waals surface area contributed by atoms with Crippen LogP contribution in [0.5, 0.6) is 0 Å². The fourth-order valence-electron chi connectivity index (χ4n) is 1.91. The number of hydrogen-bond donors (Lipinski definition) is 0. The monoisotopic (exact) mass is 369 g/mol. The topological polar surface area (TPSA) is 30.7 Å². The summed E-state index contributed by atoms with van der Waals surface area (Å²) in [5.41, 5.74) is 2.00. The standard InChI is InChI=1S/C13H12IN3S/c1-8(2)17-13-9(7-15-17)10(14)6-11(16-13)12-4-3-5-18-12/h3-8H,1-2H3. The first kappa shape index (κ1) is 12.1. The van der Waals surface area contributed by atoms with E-state index in [1.807, 2.05) is 10.9 Å². The zero-order valence-corrected chi connectivity index (χ0v) is 13.1. The first-order valence-corrected chi connectivity index (χ1v) is 7.70. The van der Waals surface area contributed by atoms with E-state index in [-0.39, 0.29) is 0 Å². The molecule has 0 fully saturated rings. The number of halogens is 1. The lowest BCUT2D eigenvalue weighted by molar-refractivity contribution is 0.546. The molecule has 18 heavy (non-hydrogen) atoms. The highest BCUT2D eigenvalue weighted by Crippen LogP contribution is 2.29. The highest BCUT2D eigenvalue weighted by Gasteiger charge is 2.12. The molecule has 0 atom stereocenters. The Morgan fingerprint density at radius 3 is 2.89 bits per heavy atom. The van der Waals surface area contributed by atoms with Gasteiger partial charge in [-0.15, -0.1) is 11.3 Å². The Morgan fingerprint density at radius 2 is 2.22 bits per heavy atom. The van der Waals surface area contributed by atoms with Gasteiger partial charge in [-0.3, -0.25) is 0 Å². The van der Waals surface area contributed by atoms with E-state index in [0.29, 0.717) is 6.04 Å². The summed E-state index contributed by atoms with van der Waals surface area (Å²) < 4.78 is 3.18. The number of nitrogens with zero attached hydrogens (tertiary/aromatic N) is 3. The van der Waals surface area contributed by atoms with Crippen molar-refractivity contribution in [3.8, 4) is 10.6 Å². The van der Waals surface area contributed by atoms with E-state index in [2.05, 4.69) is 65.1 Å². The lowest BCUT2D eigenvalue weighted by Gasteiger charge is -2.07. The minimum Gasteiger partial charge on any atom is -0.245 e. The van der Waals surface area contributed by atoms with Gasteiger partial charge in [0, 0.05) is 9.61 Å². The Labute approximate surface area is 123 Å². The molecule has 0 aliphatic heterocycles. The molecule has 0 saturated heterocycles. The number of fused-ring (bicyclic) bond motifs is 1. The molecule has 0 amide bonds. The van der Waals surface area contributed by atoms with Crippen LogP contribution in [0.3, 0.4) is 0 Å². The van der Waals surface area contributed by atoms with Crippen LogP contribution in [0.15, 0.2) is 29.8 Å². The number of thiophene rings is 1. The smallest absolute Gasteiger partial charge is 0.159 e. The molecule has 0 aromatic carbocycles. The lowest BCUT2D eigenvalue weighted by Crippen LogP contribution is -2.03. The van der Waals surface area contributed by atoms with Crippen molar-refractivity contribution in [3.63, 3.8) is 0 Å². The van der Waals surface area contributed by atoms with Crippen molar-refractivity contribution < 1.29 is 0 Å². The Balaban J connectivity index is 2.27. The molecule has 3 aromatic rings. The summed E-state index contributed by atoms with van der Waals surface area (Å²) in [6, 6.07) is 6.61. The van der Waals surface area contributed by atoms with Crippen LogP contribution in [0.2, 0.25) is 0 Å². The summed E-state index contributed by atoms with van der Waals surface area (Å²) in [5, 5.41) is 7.64. The van der Waals surface area contributed by atoms with Crippen molar-refractivity contribution in [3.05, 3.63) is 33.3 Å². The number of rotatable bonds is 2. The average molecular weight is 369 g/mol. The second-order valence-electron chi connectivity index (χ2n) is 4.39. The quantitative estimate of drug-likeness (QED) is 0.629. The van der Waals surface area contributed by atoms with Crippen LogP contribution in [0.4, 0.5) is 0 Å². The summed E-state index contributed by atoms with van der Waals surface area (Å²) >= 11 is 4.07. The van der Waals surface area contributed by atoms with E-state index >= 15 is 0 Å². The van der Waals surface area contributed by atoms with Gasteiger partial charge in [-0.25, -0.2) is 9.67 Å². The summed E-state index contributed by atoms with van der Waals surface area (Å²) in [4.78, 5) is 5.97. The molecule has 0 aliphatic carbocycles. The molecule has 92 valence electrons. The maximum atomic E-state index is 4.77. The molecule has 5 heteroatoms. The predicted molar refractivity (Wildman–Crippen MR) is 83.9 cm³/mol. The van der Waals surface area contributed by atoms with Gasteiger partial charge in [0.15, 0.2) is 5.65 Å². The van der Waals surface area contributed by atoms with Crippen LogP contribution in [0.1, 0.15) is 19.9 Å². The predicted octanol–water partition coefficient (Wildman–Crippen LogP) is 4.35. The molecule has 3 nitrogen and oxygen atoms in total. The summed E-state index contributed by atoms with van der Waals surface area (Å²) in [6.07, 6.45) is 1.91. The molecule has 0 N–H and O–H groups in total. The van der Waals surface area contributed by atoms with Crippen LogP contribution >= 0.6 is 33.9 Å². The van der Waals surface area contributed by atoms with E-state index in [4.69, 9.17) is 4.98 Å². The van der Waals surface area contributed by atoms with Crippen molar-refractivity contribution in [2.45, 2.75) is 19.9 Å². The van der Waals surface area contributed by atoms with Crippen LogP contribution in [0.25, 0.3) is 21.6 Å². The molecule has 0 aliphatic rings. The fourth-order valence-corrected chi connectivity index (χ4v) is 3.27. The van der Waals surface area contributed by atoms with Gasteiger partial charge in [-0.1, -0.05) is 6.07 Å². The largest absolute Gasteiger partial charge is 0.245 e. The molecule has 3 rings (SSSR count). The van der Waals surface area contributed by atoms with Crippen molar-refractivity contribution in [1.29, 1.82) is 0 Å². The van der Waals surface area contributed by atoms with Crippen LogP contribution in [0, 0.1) is 3.57 Å². The van der Waals surface area contributed by atoms with Gasteiger partial charge < -0.3 is 0 Å². The Hall–Kier alpha value is -0.950. The Kier molecular flexibility index (Phi) is 3.11. The Bertz CT molecular complexity index is 686. The zero-order chi connectivity index (χ0) is 12.7. The normalized spacial score (nSPS) is 11.6. The van der Waals surface area contributed by atoms with Gasteiger partial charge in [0.1, 0.15) is 0 Å². The van der Waals surface area contributed by atoms with E-state index in [0.717, 1.165) is 16.7 Å². The molecule has 0 spiro atoms. The molecule has 0 bridgehead atoms. The summed E-state index contributed by atoms with van der Waals surface area (Å²) in [5.74, 6) is 0. The highest BCUT2D eigenvalue weighted by molar-refractivity contribution is 14.1. The fraction of sp³-hybridized carbons (Fsp3) is 0.231. The molecule has 0 radical (unpaired) electrons. The summed E-state index contributed by atoms with van der Waals surface area (Å²) in [6.45, 7) is 4.25. The molecular weight excluding hydrogens is 357 g/mol. The molecule has 0 saturated carbocycles. The third-order valence-electron chi connectivity index (χ3n) is 2.78. The van der Waals surface area contributed by atoms with Gasteiger partial charge in [-0.2, -0.15) is 5.10 Å². The summed E-state index contributed by atoms with van der Waals surface area (Å²) in [7, 11) is 0. The van der Waals surface area contributed by atoms with Crippen molar-refractivity contribution in [2.75, 3.05) is 0 Å². The van der Waals surface area contributed by atoms with Crippen LogP contribution in [-0.4, -0.2) is 14.8 Å². The highest BCUT2D eigenvalue weighted by atomic mass is 127. The van der Waals surface area contributed by atoms with E-state index in [1.165, 1.54) is 8.45 Å². The average Bonchev–Trinajstić information content (AvgIpc) is 2.97. The molecule has 3 aromatic heterocycles. The minimum atomic E-state index is 0.324. The lowest BCUT2D eigenvalue weighted by atomic mass is 10.2.